The molecule has 17 nitrogen and oxygen atoms in total. The maximum Gasteiger partial charge on any atom is 0.339 e. The third-order valence-corrected chi connectivity index (χ3v) is 8.70. The molecule has 0 bridgehead atoms. The highest BCUT2D eigenvalue weighted by atomic mass is 31.2. The molecule has 1 fully saturated rings. The number of carboxylic acid groups (broad SMARTS) is 2. The van der Waals surface area contributed by atoms with Crippen LogP contribution in [0.3, 0.4) is 0 Å². The minimum Gasteiger partial charge on any atom is -0.481 e. The van der Waals surface area contributed by atoms with Crippen LogP contribution >= 0.6 is 15.2 Å². The van der Waals surface area contributed by atoms with Gasteiger partial charge in [0.05, 0.1) is 0 Å². The summed E-state index contributed by atoms with van der Waals surface area (Å²) in [4.78, 5) is 81.3. The molecule has 44 heavy (non-hydrogen) atoms. The Morgan fingerprint density at radius 2 is 0.841 bits per heavy atom. The third kappa shape index (κ3) is 13.7. The number of aliphatic carboxylic acids is 2. The van der Waals surface area contributed by atoms with Crippen molar-refractivity contribution in [1.29, 1.82) is 0 Å². The van der Waals surface area contributed by atoms with Crippen molar-refractivity contribution in [2.75, 3.05) is 12.3 Å². The summed E-state index contributed by atoms with van der Waals surface area (Å²) in [5.41, 5.74) is 0. The van der Waals surface area contributed by atoms with E-state index in [1.165, 1.54) is 0 Å². The Labute approximate surface area is 254 Å². The number of aliphatic hydroxyl groups is 1. The van der Waals surface area contributed by atoms with E-state index in [2.05, 4.69) is 0 Å². The molecule has 1 aliphatic rings. The number of hydrogen-bond donors (Lipinski definition) is 5. The smallest absolute Gasteiger partial charge is 0.339 e. The Morgan fingerprint density at radius 3 is 1.09 bits per heavy atom. The van der Waals surface area contributed by atoms with Crippen LogP contribution in [-0.4, -0.2) is 104 Å². The van der Waals surface area contributed by atoms with Gasteiger partial charge in [0.25, 0.3) is 0 Å². The van der Waals surface area contributed by atoms with Gasteiger partial charge < -0.3 is 39.3 Å². The van der Waals surface area contributed by atoms with Gasteiger partial charge in [-0.25, -0.2) is 0 Å². The molecule has 19 heteroatoms. The average molecular weight is 677 g/mol. The lowest BCUT2D eigenvalue weighted by molar-refractivity contribution is -0.241. The molecule has 0 spiro atoms. The van der Waals surface area contributed by atoms with E-state index < -0.39 is 94.0 Å². The molecule has 4 unspecified atom stereocenters. The number of unbranched alkanes of at least 4 members (excludes halogenated alkanes) is 3. The predicted molar refractivity (Wildman–Crippen MR) is 149 cm³/mol. The molecule has 5 N–H and O–H groups in total. The Bertz CT molecular complexity index is 1020. The third-order valence-electron chi connectivity index (χ3n) is 6.22. The zero-order chi connectivity index (χ0) is 33.7. The van der Waals surface area contributed by atoms with Gasteiger partial charge in [-0.1, -0.05) is 40.0 Å². The van der Waals surface area contributed by atoms with Crippen LogP contribution in [0.4, 0.5) is 0 Å². The van der Waals surface area contributed by atoms with E-state index in [-0.39, 0.29) is 19.3 Å². The molecule has 254 valence electrons. The predicted octanol–water partition coefficient (Wildman–Crippen LogP) is 1.98. The van der Waals surface area contributed by atoms with Gasteiger partial charge in [-0.2, -0.15) is 0 Å². The van der Waals surface area contributed by atoms with E-state index in [1.807, 2.05) is 0 Å². The van der Waals surface area contributed by atoms with Crippen molar-refractivity contribution in [2.24, 2.45) is 0 Å². The van der Waals surface area contributed by atoms with Crippen LogP contribution in [0.2, 0.25) is 0 Å². The topological polar surface area (TPSA) is 267 Å². The fraction of sp³-hybridized carbons (Fsp3) is 0.800. The van der Waals surface area contributed by atoms with Gasteiger partial charge in [0.2, 0.25) is 0 Å². The molecular weight excluding hydrogens is 634 g/mol. The molecule has 0 aromatic rings. The molecule has 0 heterocycles. The highest BCUT2D eigenvalue weighted by molar-refractivity contribution is 7.54. The number of hydrogen-bond acceptors (Lipinski definition) is 13. The van der Waals surface area contributed by atoms with E-state index in [9.17, 15) is 48.0 Å². The highest BCUT2D eigenvalue weighted by Crippen LogP contribution is 2.50. The molecule has 1 aliphatic carbocycles. The number of rotatable bonds is 20. The monoisotopic (exact) mass is 676 g/mol. The molecule has 1 saturated carbocycles. The normalized spacial score (nSPS) is 26.0. The summed E-state index contributed by atoms with van der Waals surface area (Å²) >= 11 is 0. The first-order chi connectivity index (χ1) is 20.5. The Morgan fingerprint density at radius 1 is 0.568 bits per heavy atom. The number of aliphatic hydroxyl groups excluding tert-OH is 1. The largest absolute Gasteiger partial charge is 0.481 e. The van der Waals surface area contributed by atoms with E-state index in [0.29, 0.717) is 38.5 Å². The van der Waals surface area contributed by atoms with Crippen LogP contribution in [0.1, 0.15) is 78.6 Å². The summed E-state index contributed by atoms with van der Waals surface area (Å²) in [6.07, 6.45) is -14.1. The Kier molecular flexibility index (Phi) is 16.7. The van der Waals surface area contributed by atoms with Crippen molar-refractivity contribution < 1.29 is 81.5 Å². The summed E-state index contributed by atoms with van der Waals surface area (Å²) in [5.74, 6) is -6.47. The van der Waals surface area contributed by atoms with Gasteiger partial charge in [0.15, 0.2) is 18.3 Å². The summed E-state index contributed by atoms with van der Waals surface area (Å²) in [6, 6.07) is 0. The lowest BCUT2D eigenvalue weighted by atomic mass is 9.84. The molecule has 0 aromatic heterocycles. The maximum atomic E-state index is 12.8. The molecule has 0 radical (unpaired) electrons. The first kappa shape index (κ1) is 39.6. The van der Waals surface area contributed by atoms with Gasteiger partial charge in [-0.3, -0.25) is 42.2 Å². The first-order valence-corrected chi connectivity index (χ1v) is 17.7. The quantitative estimate of drug-likeness (QED) is 0.0700. The average Bonchev–Trinajstić information content (AvgIpc) is 2.89. The Hall–Kier alpha value is -2.39. The molecule has 0 aliphatic heterocycles. The number of ether oxygens (including phenoxy) is 3. The highest BCUT2D eigenvalue weighted by Gasteiger charge is 2.60. The molecule has 8 atom stereocenters. The van der Waals surface area contributed by atoms with Crippen molar-refractivity contribution in [3.8, 4) is 0 Å². The second-order valence-corrected chi connectivity index (χ2v) is 13.8. The van der Waals surface area contributed by atoms with Gasteiger partial charge in [0, 0.05) is 19.3 Å². The van der Waals surface area contributed by atoms with Gasteiger partial charge in [-0.15, -0.1) is 0 Å². The van der Waals surface area contributed by atoms with E-state index in [0.717, 1.165) is 0 Å². The fourth-order valence-corrected chi connectivity index (χ4v) is 6.26. The van der Waals surface area contributed by atoms with Crippen molar-refractivity contribution >= 4 is 45.0 Å². The zero-order valence-corrected chi connectivity index (χ0v) is 26.6. The number of carboxylic acids is 2. The number of carbonyl (C=O) groups excluding carboxylic acids is 3. The summed E-state index contributed by atoms with van der Waals surface area (Å²) in [6.45, 7) is 5.28. The minimum absolute atomic E-state index is 0.214. The second-order valence-electron chi connectivity index (χ2n) is 10.2. The standard InChI is InChI=1S/C25H42O17P2/c1-4-7-10-17(30)38-23-21(41-43(34,35)13-15(26)27)20(33)22(42-44(36,37)14-16(28)29)24(39-18(31)11-8-5-2)25(23)40-19(32)12-9-6-3/h20-25,33H,4-14H2,1-3H3,(H,26,27)(H,28,29)(H,34,35)(H,36,37)/t20?,21-,22-,23-,24+,25?/m1/s1. The minimum atomic E-state index is -5.18. The van der Waals surface area contributed by atoms with Crippen molar-refractivity contribution in [2.45, 2.75) is 115 Å². The summed E-state index contributed by atoms with van der Waals surface area (Å²) in [5, 5.41) is 29.4. The first-order valence-electron chi connectivity index (χ1n) is 14.2. The summed E-state index contributed by atoms with van der Waals surface area (Å²) < 4.78 is 51.9. The van der Waals surface area contributed by atoms with E-state index >= 15 is 0 Å². The van der Waals surface area contributed by atoms with Crippen LogP contribution in [0.25, 0.3) is 0 Å². The van der Waals surface area contributed by atoms with Crippen LogP contribution in [0, 0.1) is 0 Å². The lowest BCUT2D eigenvalue weighted by Gasteiger charge is -2.47. The molecule has 0 aromatic carbocycles. The summed E-state index contributed by atoms with van der Waals surface area (Å²) in [7, 11) is -10.4. The van der Waals surface area contributed by atoms with E-state index in [4.69, 9.17) is 33.5 Å². The molecule has 0 saturated heterocycles. The van der Waals surface area contributed by atoms with Crippen molar-refractivity contribution in [1.82, 2.24) is 0 Å². The SMILES string of the molecule is CCCCC(=O)OC1[C@@H](OC(=O)CCCC)[C@H](OP(=O)(O)CC(=O)O)C(O)[C@@H](OP(=O)(O)CC(=O)O)[C@H]1OC(=O)CCCC. The number of esters is 3. The maximum absolute atomic E-state index is 12.8. The van der Waals surface area contributed by atoms with Crippen molar-refractivity contribution in [3.05, 3.63) is 0 Å². The van der Waals surface area contributed by atoms with Gasteiger partial charge in [0.1, 0.15) is 30.6 Å². The van der Waals surface area contributed by atoms with Crippen LogP contribution in [0.15, 0.2) is 0 Å². The molecule has 0 amide bonds. The van der Waals surface area contributed by atoms with Crippen LogP contribution < -0.4 is 0 Å². The van der Waals surface area contributed by atoms with E-state index in [1.54, 1.807) is 20.8 Å². The fourth-order valence-electron chi connectivity index (χ4n) is 4.18. The zero-order valence-electron chi connectivity index (χ0n) is 24.8. The van der Waals surface area contributed by atoms with Crippen LogP contribution in [0.5, 0.6) is 0 Å². The Balaban J connectivity index is 3.84. The van der Waals surface area contributed by atoms with Crippen molar-refractivity contribution in [3.63, 3.8) is 0 Å². The number of carbonyl (C=O) groups is 5. The lowest BCUT2D eigenvalue weighted by Crippen LogP contribution is -2.67. The molecule has 1 rings (SSSR count). The second kappa shape index (κ2) is 18.5. The van der Waals surface area contributed by atoms with Gasteiger partial charge in [-0.05, 0) is 19.3 Å². The van der Waals surface area contributed by atoms with Crippen LogP contribution in [-0.2, 0) is 56.4 Å². The van der Waals surface area contributed by atoms with Gasteiger partial charge >= 0.3 is 45.0 Å². The molecular formula is C25H42O17P2.